The molecule has 0 radical (unpaired) electrons. The Labute approximate surface area is 156 Å². The lowest BCUT2D eigenvalue weighted by atomic mass is 10.1. The van der Waals surface area contributed by atoms with Crippen molar-refractivity contribution in [3.8, 4) is 0 Å². The number of pyridine rings is 1. The van der Waals surface area contributed by atoms with Crippen LogP contribution in [0.15, 0.2) is 53.5 Å². The van der Waals surface area contributed by atoms with Crippen LogP contribution in [-0.2, 0) is 11.2 Å². The summed E-state index contributed by atoms with van der Waals surface area (Å²) < 4.78 is 0. The summed E-state index contributed by atoms with van der Waals surface area (Å²) in [7, 11) is 0. The van der Waals surface area contributed by atoms with Gasteiger partial charge in [0.25, 0.3) is 5.91 Å². The van der Waals surface area contributed by atoms with Gasteiger partial charge < -0.3 is 15.6 Å². The predicted octanol–water partition coefficient (Wildman–Crippen LogP) is 3.69. The number of hydrogen-bond donors (Lipinski definition) is 3. The lowest BCUT2D eigenvalue weighted by Gasteiger charge is -2.13. The van der Waals surface area contributed by atoms with Crippen LogP contribution in [0.4, 0.5) is 11.4 Å². The standard InChI is InChI=1S/C21H21N3O3/c1-3-6-14-9-10-15(23-13(2)25)11-19(14)24-21(27)17-12-22-18-8-5-4-7-16(18)20(17)26/h4-5,7-12H,3,6H2,1-2H3,(H,22,26)(H,23,25)(H,24,27). The quantitative estimate of drug-likeness (QED) is 0.646. The molecular formula is C21H21N3O3. The zero-order chi connectivity index (χ0) is 19.4. The number of carbonyl (C=O) groups excluding carboxylic acids is 2. The first kappa shape index (κ1) is 18.4. The molecule has 0 aliphatic rings. The summed E-state index contributed by atoms with van der Waals surface area (Å²) >= 11 is 0. The van der Waals surface area contributed by atoms with E-state index in [1.54, 1.807) is 30.3 Å². The van der Waals surface area contributed by atoms with Crippen LogP contribution in [0.25, 0.3) is 10.9 Å². The van der Waals surface area contributed by atoms with Crippen molar-refractivity contribution in [2.45, 2.75) is 26.7 Å². The lowest BCUT2D eigenvalue weighted by molar-refractivity contribution is -0.114. The first-order chi connectivity index (χ1) is 13.0. The van der Waals surface area contributed by atoms with Crippen molar-refractivity contribution in [1.82, 2.24) is 4.98 Å². The van der Waals surface area contributed by atoms with E-state index < -0.39 is 5.91 Å². The maximum absolute atomic E-state index is 12.8. The molecule has 0 saturated heterocycles. The van der Waals surface area contributed by atoms with E-state index in [-0.39, 0.29) is 16.9 Å². The zero-order valence-electron chi connectivity index (χ0n) is 15.3. The highest BCUT2D eigenvalue weighted by molar-refractivity contribution is 6.06. The van der Waals surface area contributed by atoms with Crippen molar-refractivity contribution in [3.63, 3.8) is 0 Å². The fourth-order valence-electron chi connectivity index (χ4n) is 2.99. The molecule has 0 bridgehead atoms. The number of aromatic amines is 1. The number of nitrogens with one attached hydrogen (secondary N) is 3. The molecule has 0 unspecified atom stereocenters. The number of H-pyrrole nitrogens is 1. The lowest BCUT2D eigenvalue weighted by Crippen LogP contribution is -2.22. The van der Waals surface area contributed by atoms with Gasteiger partial charge in [0.05, 0.1) is 0 Å². The highest BCUT2D eigenvalue weighted by Gasteiger charge is 2.15. The third-order valence-electron chi connectivity index (χ3n) is 4.23. The average molecular weight is 363 g/mol. The van der Waals surface area contributed by atoms with E-state index in [1.807, 2.05) is 19.1 Å². The Morgan fingerprint density at radius 2 is 1.85 bits per heavy atom. The maximum atomic E-state index is 12.8. The van der Waals surface area contributed by atoms with Gasteiger partial charge in [-0.2, -0.15) is 0 Å². The minimum absolute atomic E-state index is 0.0427. The molecule has 0 aliphatic carbocycles. The number of aromatic nitrogens is 1. The second-order valence-corrected chi connectivity index (χ2v) is 6.33. The number of carbonyl (C=O) groups is 2. The highest BCUT2D eigenvalue weighted by atomic mass is 16.2. The maximum Gasteiger partial charge on any atom is 0.261 e. The van der Waals surface area contributed by atoms with Crippen molar-refractivity contribution in [3.05, 3.63) is 70.0 Å². The summed E-state index contributed by atoms with van der Waals surface area (Å²) in [5.74, 6) is -0.680. The van der Waals surface area contributed by atoms with Gasteiger partial charge in [0.15, 0.2) is 0 Å². The van der Waals surface area contributed by atoms with E-state index in [9.17, 15) is 14.4 Å². The fourth-order valence-corrected chi connectivity index (χ4v) is 2.99. The van der Waals surface area contributed by atoms with Crippen LogP contribution in [0, 0.1) is 0 Å². The molecule has 1 aromatic heterocycles. The first-order valence-electron chi connectivity index (χ1n) is 8.82. The molecule has 6 heteroatoms. The number of amides is 2. The summed E-state index contributed by atoms with van der Waals surface area (Å²) in [6, 6.07) is 12.4. The second kappa shape index (κ2) is 7.86. The van der Waals surface area contributed by atoms with Crippen LogP contribution in [0.1, 0.15) is 36.2 Å². The largest absolute Gasteiger partial charge is 0.360 e. The molecule has 0 spiro atoms. The molecule has 0 atom stereocenters. The Balaban J connectivity index is 1.96. The van der Waals surface area contributed by atoms with Crippen LogP contribution in [0.3, 0.4) is 0 Å². The summed E-state index contributed by atoms with van der Waals surface area (Å²) in [4.78, 5) is 39.7. The molecule has 27 heavy (non-hydrogen) atoms. The molecule has 3 N–H and O–H groups in total. The summed E-state index contributed by atoms with van der Waals surface area (Å²) in [5.41, 5.74) is 2.51. The Morgan fingerprint density at radius 1 is 1.07 bits per heavy atom. The Bertz CT molecular complexity index is 1070. The normalized spacial score (nSPS) is 10.6. The van der Waals surface area contributed by atoms with Gasteiger partial charge in [-0.25, -0.2) is 0 Å². The third-order valence-corrected chi connectivity index (χ3v) is 4.23. The van der Waals surface area contributed by atoms with Gasteiger partial charge in [-0.05, 0) is 36.2 Å². The molecular weight excluding hydrogens is 342 g/mol. The number of para-hydroxylation sites is 1. The SMILES string of the molecule is CCCc1ccc(NC(C)=O)cc1NC(=O)c1c[nH]c2ccccc2c1=O. The van der Waals surface area contributed by atoms with Gasteiger partial charge in [-0.1, -0.05) is 31.5 Å². The Hall–Kier alpha value is -3.41. The van der Waals surface area contributed by atoms with Crippen LogP contribution < -0.4 is 16.1 Å². The van der Waals surface area contributed by atoms with E-state index in [2.05, 4.69) is 15.6 Å². The van der Waals surface area contributed by atoms with Crippen molar-refractivity contribution in [2.75, 3.05) is 10.6 Å². The van der Waals surface area contributed by atoms with Gasteiger partial charge in [0.1, 0.15) is 5.56 Å². The van der Waals surface area contributed by atoms with E-state index >= 15 is 0 Å². The third kappa shape index (κ3) is 4.06. The van der Waals surface area contributed by atoms with E-state index in [0.29, 0.717) is 22.3 Å². The molecule has 0 aliphatic heterocycles. The number of benzene rings is 2. The molecule has 138 valence electrons. The van der Waals surface area contributed by atoms with Gasteiger partial charge in [0.2, 0.25) is 11.3 Å². The molecule has 2 aromatic carbocycles. The smallest absolute Gasteiger partial charge is 0.261 e. The van der Waals surface area contributed by atoms with E-state index in [4.69, 9.17) is 0 Å². The van der Waals surface area contributed by atoms with Crippen molar-refractivity contribution >= 4 is 34.1 Å². The van der Waals surface area contributed by atoms with Crippen molar-refractivity contribution in [2.24, 2.45) is 0 Å². The van der Waals surface area contributed by atoms with Crippen molar-refractivity contribution < 1.29 is 9.59 Å². The Kier molecular flexibility index (Phi) is 5.35. The predicted molar refractivity (Wildman–Crippen MR) is 107 cm³/mol. The number of fused-ring (bicyclic) bond motifs is 1. The molecule has 0 fully saturated rings. The van der Waals surface area contributed by atoms with Crippen LogP contribution in [0.5, 0.6) is 0 Å². The van der Waals surface area contributed by atoms with Crippen LogP contribution in [-0.4, -0.2) is 16.8 Å². The number of anilines is 2. The number of aryl methyl sites for hydroxylation is 1. The molecule has 3 aromatic rings. The second-order valence-electron chi connectivity index (χ2n) is 6.33. The topological polar surface area (TPSA) is 91.1 Å². The van der Waals surface area contributed by atoms with Gasteiger partial charge in [-0.15, -0.1) is 0 Å². The van der Waals surface area contributed by atoms with Gasteiger partial charge in [-0.3, -0.25) is 14.4 Å². The summed E-state index contributed by atoms with van der Waals surface area (Å²) in [5, 5.41) is 5.99. The van der Waals surface area contributed by atoms with Crippen LogP contribution >= 0.6 is 0 Å². The number of rotatable bonds is 5. The molecule has 1 heterocycles. The average Bonchev–Trinajstić information content (AvgIpc) is 2.64. The molecule has 6 nitrogen and oxygen atoms in total. The van der Waals surface area contributed by atoms with Gasteiger partial charge in [0, 0.05) is 35.4 Å². The van der Waals surface area contributed by atoms with Crippen molar-refractivity contribution in [1.29, 1.82) is 0 Å². The summed E-state index contributed by atoms with van der Waals surface area (Å²) in [6.07, 6.45) is 3.10. The van der Waals surface area contributed by atoms with E-state index in [1.165, 1.54) is 13.1 Å². The minimum Gasteiger partial charge on any atom is -0.360 e. The van der Waals surface area contributed by atoms with Gasteiger partial charge >= 0.3 is 0 Å². The van der Waals surface area contributed by atoms with E-state index in [0.717, 1.165) is 18.4 Å². The Morgan fingerprint density at radius 3 is 2.59 bits per heavy atom. The minimum atomic E-state index is -0.487. The highest BCUT2D eigenvalue weighted by Crippen LogP contribution is 2.23. The zero-order valence-corrected chi connectivity index (χ0v) is 15.3. The van der Waals surface area contributed by atoms with Crippen LogP contribution in [0.2, 0.25) is 0 Å². The monoisotopic (exact) mass is 363 g/mol. The molecule has 0 saturated carbocycles. The molecule has 2 amide bonds. The number of hydrogen-bond acceptors (Lipinski definition) is 3. The fraction of sp³-hybridized carbons (Fsp3) is 0.190. The molecule has 3 rings (SSSR count). The first-order valence-corrected chi connectivity index (χ1v) is 8.82. The summed E-state index contributed by atoms with van der Waals surface area (Å²) in [6.45, 7) is 3.47.